The summed E-state index contributed by atoms with van der Waals surface area (Å²) in [5, 5.41) is 26.3. The Kier molecular flexibility index (Phi) is 6.03. The summed E-state index contributed by atoms with van der Waals surface area (Å²) >= 11 is 0. The molecule has 3 amide bonds. The molecule has 0 aliphatic carbocycles. The summed E-state index contributed by atoms with van der Waals surface area (Å²) < 4.78 is 29.6. The predicted molar refractivity (Wildman–Crippen MR) is 113 cm³/mol. The van der Waals surface area contributed by atoms with Crippen molar-refractivity contribution in [3.05, 3.63) is 46.3 Å². The van der Waals surface area contributed by atoms with Gasteiger partial charge < -0.3 is 20.2 Å². The van der Waals surface area contributed by atoms with E-state index in [0.717, 1.165) is 12.1 Å². The summed E-state index contributed by atoms with van der Waals surface area (Å²) in [4.78, 5) is 28.9. The van der Waals surface area contributed by atoms with Gasteiger partial charge in [0.05, 0.1) is 24.0 Å². The average molecular weight is 458 g/mol. The Labute approximate surface area is 189 Å². The number of hydrogen-bond acceptors (Lipinski definition) is 5. The number of nitrogens with one attached hydrogen (secondary N) is 1. The first-order valence-electron chi connectivity index (χ1n) is 10.7. The largest absolute Gasteiger partial charge is 0.393 e. The Bertz CT molecular complexity index is 1160. The summed E-state index contributed by atoms with van der Waals surface area (Å²) in [5.41, 5.74) is 0.646. The number of fused-ring (bicyclic) bond motifs is 3. The first kappa shape index (κ1) is 22.7. The molecule has 2 aromatic rings. The van der Waals surface area contributed by atoms with E-state index in [4.69, 9.17) is 5.26 Å². The van der Waals surface area contributed by atoms with E-state index in [1.165, 1.54) is 11.0 Å². The summed E-state index contributed by atoms with van der Waals surface area (Å²) in [6, 6.07) is 2.78. The second-order valence-corrected chi connectivity index (χ2v) is 8.37. The average Bonchev–Trinajstić information content (AvgIpc) is 3.10. The fourth-order valence-corrected chi connectivity index (χ4v) is 4.39. The standard InChI is InChI=1S/C22H24F2N6O3/c1-3-18(31)12-9-28(2)21(32)20-14-11-29(7-6-16(14)27-30(20)10-12)22(33)26-17-5-4-15(23)13(8-25)19(17)24/h4-5,12,18,31H,3,6-7,9-11H2,1-2H3,(H,26,33)/t12-,18?/m0/s1. The van der Waals surface area contributed by atoms with E-state index in [1.807, 2.05) is 6.92 Å². The zero-order valence-electron chi connectivity index (χ0n) is 18.3. The van der Waals surface area contributed by atoms with Crippen LogP contribution < -0.4 is 5.32 Å². The number of aliphatic hydroxyl groups is 1. The van der Waals surface area contributed by atoms with Crippen molar-refractivity contribution in [3.8, 4) is 6.07 Å². The Morgan fingerprint density at radius 1 is 1.39 bits per heavy atom. The molecule has 2 aliphatic rings. The highest BCUT2D eigenvalue weighted by atomic mass is 19.1. The molecule has 2 atom stereocenters. The van der Waals surface area contributed by atoms with Crippen molar-refractivity contribution in [1.29, 1.82) is 5.26 Å². The quantitative estimate of drug-likeness (QED) is 0.731. The maximum Gasteiger partial charge on any atom is 0.322 e. The highest BCUT2D eigenvalue weighted by molar-refractivity contribution is 5.95. The van der Waals surface area contributed by atoms with E-state index < -0.39 is 29.3 Å². The van der Waals surface area contributed by atoms with Crippen LogP contribution in [0.25, 0.3) is 0 Å². The van der Waals surface area contributed by atoms with E-state index in [-0.39, 0.29) is 30.6 Å². The Hall–Kier alpha value is -3.52. The molecule has 3 heterocycles. The van der Waals surface area contributed by atoms with Crippen LogP contribution in [0.1, 0.15) is 40.7 Å². The molecule has 4 rings (SSSR count). The number of carbonyl (C=O) groups excluding carboxylic acids is 2. The number of hydrogen-bond donors (Lipinski definition) is 2. The summed E-state index contributed by atoms with van der Waals surface area (Å²) in [6.07, 6.45) is 0.388. The monoisotopic (exact) mass is 458 g/mol. The molecular weight excluding hydrogens is 434 g/mol. The Morgan fingerprint density at radius 2 is 2.15 bits per heavy atom. The zero-order chi connectivity index (χ0) is 23.9. The molecule has 2 aliphatic heterocycles. The van der Waals surface area contributed by atoms with Crippen LogP contribution in [0.4, 0.5) is 19.3 Å². The van der Waals surface area contributed by atoms with Crippen molar-refractivity contribution in [2.75, 3.05) is 25.5 Å². The van der Waals surface area contributed by atoms with Gasteiger partial charge in [0, 0.05) is 44.6 Å². The number of anilines is 1. The van der Waals surface area contributed by atoms with Crippen molar-refractivity contribution >= 4 is 17.6 Å². The number of nitriles is 1. The molecule has 1 aromatic heterocycles. The summed E-state index contributed by atoms with van der Waals surface area (Å²) in [7, 11) is 1.67. The Morgan fingerprint density at radius 3 is 2.85 bits per heavy atom. The fourth-order valence-electron chi connectivity index (χ4n) is 4.39. The molecule has 9 nitrogen and oxygen atoms in total. The molecule has 174 valence electrons. The van der Waals surface area contributed by atoms with Crippen molar-refractivity contribution in [2.24, 2.45) is 5.92 Å². The maximum absolute atomic E-state index is 14.4. The van der Waals surface area contributed by atoms with Gasteiger partial charge in [-0.1, -0.05) is 6.92 Å². The van der Waals surface area contributed by atoms with Gasteiger partial charge >= 0.3 is 6.03 Å². The lowest BCUT2D eigenvalue weighted by molar-refractivity contribution is 0.0626. The number of aromatic nitrogens is 2. The van der Waals surface area contributed by atoms with Gasteiger partial charge in [-0.3, -0.25) is 9.48 Å². The highest BCUT2D eigenvalue weighted by Gasteiger charge is 2.36. The molecule has 0 radical (unpaired) electrons. The molecular formula is C22H24F2N6O3. The molecule has 33 heavy (non-hydrogen) atoms. The van der Waals surface area contributed by atoms with Gasteiger partial charge in [-0.25, -0.2) is 13.6 Å². The SMILES string of the molecule is CCC(O)[C@H]1CN(C)C(=O)c2c3c(nn2C1)CCN(C(=O)Nc1ccc(F)c(C#N)c1F)C3. The third kappa shape index (κ3) is 4.02. The van der Waals surface area contributed by atoms with E-state index in [1.54, 1.807) is 16.6 Å². The third-order valence-electron chi connectivity index (χ3n) is 6.26. The van der Waals surface area contributed by atoms with Gasteiger partial charge in [0.15, 0.2) is 5.82 Å². The van der Waals surface area contributed by atoms with Gasteiger partial charge in [0.25, 0.3) is 5.91 Å². The lowest BCUT2D eigenvalue weighted by Gasteiger charge is -2.28. The van der Waals surface area contributed by atoms with Gasteiger partial charge in [-0.15, -0.1) is 0 Å². The molecule has 0 saturated heterocycles. The number of halogens is 2. The highest BCUT2D eigenvalue weighted by Crippen LogP contribution is 2.28. The van der Waals surface area contributed by atoms with Crippen LogP contribution in [0, 0.1) is 28.9 Å². The minimum atomic E-state index is -1.14. The van der Waals surface area contributed by atoms with Crippen LogP contribution in [0.15, 0.2) is 12.1 Å². The van der Waals surface area contributed by atoms with Gasteiger partial charge in [0.2, 0.25) is 0 Å². The smallest absolute Gasteiger partial charge is 0.322 e. The molecule has 0 spiro atoms. The first-order chi connectivity index (χ1) is 15.7. The van der Waals surface area contributed by atoms with Crippen LogP contribution in [0.5, 0.6) is 0 Å². The molecule has 11 heteroatoms. The number of benzene rings is 1. The van der Waals surface area contributed by atoms with E-state index in [9.17, 15) is 23.5 Å². The normalized spacial score (nSPS) is 18.8. The summed E-state index contributed by atoms with van der Waals surface area (Å²) in [6.45, 7) is 3.03. The second-order valence-electron chi connectivity index (χ2n) is 8.37. The van der Waals surface area contributed by atoms with E-state index in [0.29, 0.717) is 42.9 Å². The molecule has 0 bridgehead atoms. The number of aliphatic hydroxyl groups excluding tert-OH is 1. The fraction of sp³-hybridized carbons (Fsp3) is 0.455. The molecule has 2 N–H and O–H groups in total. The third-order valence-corrected chi connectivity index (χ3v) is 6.26. The predicted octanol–water partition coefficient (Wildman–Crippen LogP) is 2.10. The number of rotatable bonds is 3. The van der Waals surface area contributed by atoms with Crippen LogP contribution in [-0.2, 0) is 19.5 Å². The number of urea groups is 1. The van der Waals surface area contributed by atoms with Crippen LogP contribution in [0.2, 0.25) is 0 Å². The van der Waals surface area contributed by atoms with E-state index in [2.05, 4.69) is 10.4 Å². The maximum atomic E-state index is 14.4. The van der Waals surface area contributed by atoms with Crippen molar-refractivity contribution in [2.45, 2.75) is 39.0 Å². The van der Waals surface area contributed by atoms with Gasteiger partial charge in [0.1, 0.15) is 23.1 Å². The van der Waals surface area contributed by atoms with Crippen LogP contribution in [-0.4, -0.2) is 62.9 Å². The van der Waals surface area contributed by atoms with Crippen LogP contribution in [0.3, 0.4) is 0 Å². The molecule has 0 saturated carbocycles. The minimum Gasteiger partial charge on any atom is -0.393 e. The van der Waals surface area contributed by atoms with Crippen molar-refractivity contribution < 1.29 is 23.5 Å². The second kappa shape index (κ2) is 8.78. The Balaban J connectivity index is 1.59. The molecule has 1 unspecified atom stereocenters. The van der Waals surface area contributed by atoms with Crippen molar-refractivity contribution in [1.82, 2.24) is 19.6 Å². The van der Waals surface area contributed by atoms with Gasteiger partial charge in [-0.05, 0) is 18.6 Å². The molecule has 1 aromatic carbocycles. The zero-order valence-corrected chi connectivity index (χ0v) is 18.3. The van der Waals surface area contributed by atoms with Gasteiger partial charge in [-0.2, -0.15) is 10.4 Å². The van der Waals surface area contributed by atoms with Crippen LogP contribution >= 0.6 is 0 Å². The lowest BCUT2D eigenvalue weighted by atomic mass is 10.0. The number of amides is 3. The first-order valence-corrected chi connectivity index (χ1v) is 10.7. The number of nitrogens with zero attached hydrogens (tertiary/aromatic N) is 5. The number of carbonyl (C=O) groups is 2. The van der Waals surface area contributed by atoms with E-state index >= 15 is 0 Å². The minimum absolute atomic E-state index is 0.0883. The van der Waals surface area contributed by atoms with Crippen molar-refractivity contribution in [3.63, 3.8) is 0 Å². The topological polar surface area (TPSA) is 114 Å². The molecule has 0 fully saturated rings. The summed E-state index contributed by atoms with van der Waals surface area (Å²) in [5.74, 6) is -2.55. The lowest BCUT2D eigenvalue weighted by Crippen LogP contribution is -2.40.